The second-order valence-electron chi connectivity index (χ2n) is 6.76. The number of carbonyl (C=O) groups excluding carboxylic acids is 1. The third kappa shape index (κ3) is 3.33. The SMILES string of the molecule is C[C@H]1CCCCN1CCNC(=O)c1noc2c1CSc1ccccc1-2. The van der Waals surface area contributed by atoms with E-state index >= 15 is 0 Å². The van der Waals surface area contributed by atoms with Crippen molar-refractivity contribution in [2.75, 3.05) is 19.6 Å². The van der Waals surface area contributed by atoms with Gasteiger partial charge in [-0.15, -0.1) is 11.8 Å². The van der Waals surface area contributed by atoms with Crippen LogP contribution >= 0.6 is 11.8 Å². The molecule has 0 bridgehead atoms. The van der Waals surface area contributed by atoms with Gasteiger partial charge in [-0.25, -0.2) is 0 Å². The van der Waals surface area contributed by atoms with Crippen molar-refractivity contribution in [1.82, 2.24) is 15.4 Å². The second kappa shape index (κ2) is 7.22. The van der Waals surface area contributed by atoms with Crippen molar-refractivity contribution in [2.24, 2.45) is 0 Å². The van der Waals surface area contributed by atoms with Crippen LogP contribution < -0.4 is 5.32 Å². The van der Waals surface area contributed by atoms with Gasteiger partial charge in [0.15, 0.2) is 11.5 Å². The molecule has 0 aliphatic carbocycles. The van der Waals surface area contributed by atoms with E-state index in [0.29, 0.717) is 18.3 Å². The lowest BCUT2D eigenvalue weighted by Crippen LogP contribution is -2.42. The Hall–Kier alpha value is -1.79. The Morgan fingerprint density at radius 1 is 1.40 bits per heavy atom. The first-order valence-corrected chi connectivity index (χ1v) is 9.95. The molecule has 2 aliphatic rings. The Kier molecular flexibility index (Phi) is 4.81. The van der Waals surface area contributed by atoms with Crippen molar-refractivity contribution >= 4 is 17.7 Å². The Morgan fingerprint density at radius 3 is 3.16 bits per heavy atom. The molecule has 1 N–H and O–H groups in total. The van der Waals surface area contributed by atoms with E-state index in [9.17, 15) is 4.79 Å². The van der Waals surface area contributed by atoms with Crippen molar-refractivity contribution < 1.29 is 9.32 Å². The van der Waals surface area contributed by atoms with Gasteiger partial charge in [0.2, 0.25) is 0 Å². The smallest absolute Gasteiger partial charge is 0.273 e. The highest BCUT2D eigenvalue weighted by Gasteiger charge is 2.28. The van der Waals surface area contributed by atoms with E-state index in [1.165, 1.54) is 24.2 Å². The van der Waals surface area contributed by atoms with Gasteiger partial charge in [0.1, 0.15) is 0 Å². The fourth-order valence-electron chi connectivity index (χ4n) is 3.65. The first-order chi connectivity index (χ1) is 12.2. The summed E-state index contributed by atoms with van der Waals surface area (Å²) >= 11 is 1.73. The van der Waals surface area contributed by atoms with Crippen LogP contribution in [0.1, 0.15) is 42.2 Å². The summed E-state index contributed by atoms with van der Waals surface area (Å²) in [7, 11) is 0. The van der Waals surface area contributed by atoms with Gasteiger partial charge in [-0.2, -0.15) is 0 Å². The molecule has 1 aromatic carbocycles. The predicted octanol–water partition coefficient (Wildman–Crippen LogP) is 3.55. The van der Waals surface area contributed by atoms with E-state index in [-0.39, 0.29) is 5.91 Å². The number of hydrogen-bond acceptors (Lipinski definition) is 5. The molecule has 1 saturated heterocycles. The molecule has 132 valence electrons. The Labute approximate surface area is 152 Å². The molecule has 0 saturated carbocycles. The molecule has 1 fully saturated rings. The minimum absolute atomic E-state index is 0.130. The van der Waals surface area contributed by atoms with Gasteiger partial charge in [0.05, 0.1) is 0 Å². The number of benzene rings is 1. The zero-order valence-corrected chi connectivity index (χ0v) is 15.3. The van der Waals surface area contributed by atoms with Crippen LogP contribution in [0.2, 0.25) is 0 Å². The number of piperidine rings is 1. The Balaban J connectivity index is 1.41. The summed E-state index contributed by atoms with van der Waals surface area (Å²) in [5.74, 6) is 1.33. The summed E-state index contributed by atoms with van der Waals surface area (Å²) in [4.78, 5) is 16.2. The zero-order chi connectivity index (χ0) is 17.2. The van der Waals surface area contributed by atoms with Crippen molar-refractivity contribution in [3.63, 3.8) is 0 Å². The van der Waals surface area contributed by atoms with E-state index in [2.05, 4.69) is 28.4 Å². The second-order valence-corrected chi connectivity index (χ2v) is 7.78. The summed E-state index contributed by atoms with van der Waals surface area (Å²) in [5.41, 5.74) is 2.37. The zero-order valence-electron chi connectivity index (χ0n) is 14.5. The van der Waals surface area contributed by atoms with E-state index in [1.54, 1.807) is 11.8 Å². The number of carbonyl (C=O) groups is 1. The number of rotatable bonds is 4. The van der Waals surface area contributed by atoms with Crippen LogP contribution in [-0.4, -0.2) is 41.6 Å². The van der Waals surface area contributed by atoms with Crippen LogP contribution in [0, 0.1) is 0 Å². The van der Waals surface area contributed by atoms with E-state index < -0.39 is 0 Å². The largest absolute Gasteiger partial charge is 0.355 e. The van der Waals surface area contributed by atoms with Gasteiger partial charge in [-0.3, -0.25) is 9.69 Å². The summed E-state index contributed by atoms with van der Waals surface area (Å²) in [6.45, 7) is 4.94. The number of nitrogens with zero attached hydrogens (tertiary/aromatic N) is 2. The summed E-state index contributed by atoms with van der Waals surface area (Å²) in [6.07, 6.45) is 3.82. The van der Waals surface area contributed by atoms with E-state index in [0.717, 1.165) is 35.7 Å². The third-order valence-corrected chi connectivity index (χ3v) is 6.23. The van der Waals surface area contributed by atoms with Gasteiger partial charge >= 0.3 is 0 Å². The summed E-state index contributed by atoms with van der Waals surface area (Å²) in [6, 6.07) is 8.70. The molecular formula is C19H23N3O2S. The quantitative estimate of drug-likeness (QED) is 0.907. The lowest BCUT2D eigenvalue weighted by atomic mass is 10.0. The highest BCUT2D eigenvalue weighted by atomic mass is 32.2. The van der Waals surface area contributed by atoms with E-state index in [4.69, 9.17) is 4.52 Å². The molecule has 1 amide bonds. The van der Waals surface area contributed by atoms with Crippen LogP contribution in [0.15, 0.2) is 33.7 Å². The number of hydrogen-bond donors (Lipinski definition) is 1. The van der Waals surface area contributed by atoms with Crippen molar-refractivity contribution in [3.8, 4) is 11.3 Å². The van der Waals surface area contributed by atoms with E-state index in [1.807, 2.05) is 18.2 Å². The molecule has 0 radical (unpaired) electrons. The molecular weight excluding hydrogens is 334 g/mol. The summed E-state index contributed by atoms with van der Waals surface area (Å²) in [5, 5.41) is 7.08. The summed E-state index contributed by atoms with van der Waals surface area (Å²) < 4.78 is 5.51. The number of aromatic nitrogens is 1. The first kappa shape index (κ1) is 16.7. The lowest BCUT2D eigenvalue weighted by molar-refractivity contribution is 0.0929. The highest BCUT2D eigenvalue weighted by Crippen LogP contribution is 2.42. The van der Waals surface area contributed by atoms with Crippen molar-refractivity contribution in [1.29, 1.82) is 0 Å². The maximum atomic E-state index is 12.6. The highest BCUT2D eigenvalue weighted by molar-refractivity contribution is 7.98. The Morgan fingerprint density at radius 2 is 2.28 bits per heavy atom. The number of thioether (sulfide) groups is 1. The molecule has 2 aliphatic heterocycles. The van der Waals surface area contributed by atoms with Gasteiger partial charge in [0.25, 0.3) is 5.91 Å². The maximum absolute atomic E-state index is 12.6. The molecule has 25 heavy (non-hydrogen) atoms. The predicted molar refractivity (Wildman–Crippen MR) is 98.7 cm³/mol. The fraction of sp³-hybridized carbons (Fsp3) is 0.474. The van der Waals surface area contributed by atoms with Crippen LogP contribution in [0.25, 0.3) is 11.3 Å². The average molecular weight is 357 g/mol. The molecule has 1 aromatic heterocycles. The number of likely N-dealkylation sites (tertiary alicyclic amines) is 1. The Bertz CT molecular complexity index is 774. The van der Waals surface area contributed by atoms with Gasteiger partial charge in [0, 0.05) is 40.9 Å². The molecule has 3 heterocycles. The monoisotopic (exact) mass is 357 g/mol. The third-order valence-electron chi connectivity index (χ3n) is 5.13. The molecule has 0 spiro atoms. The van der Waals surface area contributed by atoms with Crippen LogP contribution in [0.3, 0.4) is 0 Å². The molecule has 5 nitrogen and oxygen atoms in total. The normalized spacial score (nSPS) is 20.0. The topological polar surface area (TPSA) is 58.4 Å². The lowest BCUT2D eigenvalue weighted by Gasteiger charge is -2.33. The van der Waals surface area contributed by atoms with Gasteiger partial charge in [-0.1, -0.05) is 23.7 Å². The molecule has 2 aromatic rings. The van der Waals surface area contributed by atoms with Crippen LogP contribution in [0.4, 0.5) is 0 Å². The average Bonchev–Trinajstić information content (AvgIpc) is 3.08. The minimum atomic E-state index is -0.130. The maximum Gasteiger partial charge on any atom is 0.273 e. The van der Waals surface area contributed by atoms with Gasteiger partial charge < -0.3 is 9.84 Å². The molecule has 1 atom stereocenters. The first-order valence-electron chi connectivity index (χ1n) is 8.97. The standard InChI is InChI=1S/C19H23N3O2S/c1-13-6-4-5-10-22(13)11-9-20-19(23)17-15-12-25-16-8-3-2-7-14(16)18(15)24-21-17/h2-3,7-8,13H,4-6,9-12H2,1H3,(H,20,23)/t13-/m0/s1. The van der Waals surface area contributed by atoms with Crippen LogP contribution in [0.5, 0.6) is 0 Å². The van der Waals surface area contributed by atoms with Crippen LogP contribution in [-0.2, 0) is 5.75 Å². The molecule has 6 heteroatoms. The minimum Gasteiger partial charge on any atom is -0.355 e. The fourth-order valence-corrected chi connectivity index (χ4v) is 4.71. The number of amides is 1. The molecule has 4 rings (SSSR count). The number of nitrogens with one attached hydrogen (secondary N) is 1. The van der Waals surface area contributed by atoms with Crippen molar-refractivity contribution in [2.45, 2.75) is 42.9 Å². The van der Waals surface area contributed by atoms with Gasteiger partial charge in [-0.05, 0) is 38.4 Å². The molecule has 0 unspecified atom stereocenters. The van der Waals surface area contributed by atoms with Crippen molar-refractivity contribution in [3.05, 3.63) is 35.5 Å². The number of fused-ring (bicyclic) bond motifs is 3.